The fourth-order valence-electron chi connectivity index (χ4n) is 1.43. The molecule has 0 aliphatic carbocycles. The van der Waals surface area contributed by atoms with Crippen LogP contribution in [0.1, 0.15) is 28.9 Å². The molecular formula is C10H13FO2S. The molecule has 0 fully saturated rings. The van der Waals surface area contributed by atoms with Gasteiger partial charge in [-0.05, 0) is 31.9 Å². The maximum Gasteiger partial charge on any atom is 0.309 e. The van der Waals surface area contributed by atoms with Crippen LogP contribution < -0.4 is 0 Å². The SMILES string of the molecule is Cc1ccc(C(C)S(=O)(=O)F)c(C)c1. The quantitative estimate of drug-likeness (QED) is 0.712. The average molecular weight is 216 g/mol. The third kappa shape index (κ3) is 2.32. The second-order valence-electron chi connectivity index (χ2n) is 3.48. The smallest absolute Gasteiger partial charge is 0.194 e. The molecule has 78 valence electrons. The summed E-state index contributed by atoms with van der Waals surface area (Å²) in [4.78, 5) is 0. The normalized spacial score (nSPS) is 14.0. The highest BCUT2D eigenvalue weighted by atomic mass is 32.3. The van der Waals surface area contributed by atoms with E-state index in [-0.39, 0.29) is 0 Å². The molecule has 0 aliphatic rings. The number of benzene rings is 1. The van der Waals surface area contributed by atoms with Crippen LogP contribution >= 0.6 is 0 Å². The second kappa shape index (κ2) is 3.69. The number of halogens is 1. The maximum atomic E-state index is 12.7. The van der Waals surface area contributed by atoms with Gasteiger partial charge in [-0.25, -0.2) is 0 Å². The lowest BCUT2D eigenvalue weighted by Crippen LogP contribution is -2.05. The van der Waals surface area contributed by atoms with Gasteiger partial charge in [-0.3, -0.25) is 0 Å². The van der Waals surface area contributed by atoms with Crippen molar-refractivity contribution in [3.05, 3.63) is 34.9 Å². The first-order valence-corrected chi connectivity index (χ1v) is 5.77. The molecular weight excluding hydrogens is 203 g/mol. The van der Waals surface area contributed by atoms with Crippen molar-refractivity contribution in [1.29, 1.82) is 0 Å². The standard InChI is InChI=1S/C10H13FO2S/c1-7-4-5-10(8(2)6-7)9(3)14(11,12)13/h4-6,9H,1-3H3. The van der Waals surface area contributed by atoms with Crippen LogP contribution in [0.4, 0.5) is 3.89 Å². The van der Waals surface area contributed by atoms with Crippen LogP contribution in [-0.4, -0.2) is 8.42 Å². The van der Waals surface area contributed by atoms with Crippen molar-refractivity contribution in [2.75, 3.05) is 0 Å². The molecule has 0 spiro atoms. The molecule has 0 N–H and O–H groups in total. The van der Waals surface area contributed by atoms with Crippen molar-refractivity contribution >= 4 is 10.2 Å². The Labute approximate surface area is 84.0 Å². The van der Waals surface area contributed by atoms with E-state index in [4.69, 9.17) is 0 Å². The molecule has 1 unspecified atom stereocenters. The molecule has 0 radical (unpaired) electrons. The minimum Gasteiger partial charge on any atom is -0.194 e. The number of aryl methyl sites for hydroxylation is 2. The predicted molar refractivity (Wildman–Crippen MR) is 54.4 cm³/mol. The molecule has 1 rings (SSSR count). The van der Waals surface area contributed by atoms with Gasteiger partial charge < -0.3 is 0 Å². The van der Waals surface area contributed by atoms with E-state index in [1.165, 1.54) is 6.92 Å². The first-order valence-electron chi connectivity index (χ1n) is 4.33. The van der Waals surface area contributed by atoms with Gasteiger partial charge in [0.25, 0.3) is 0 Å². The summed E-state index contributed by atoms with van der Waals surface area (Å²) >= 11 is 0. The van der Waals surface area contributed by atoms with Crippen LogP contribution in [0.5, 0.6) is 0 Å². The van der Waals surface area contributed by atoms with Crippen molar-refractivity contribution in [2.24, 2.45) is 0 Å². The van der Waals surface area contributed by atoms with Gasteiger partial charge in [0.1, 0.15) is 5.25 Å². The second-order valence-corrected chi connectivity index (χ2v) is 5.14. The predicted octanol–water partition coefficient (Wildman–Crippen LogP) is 2.66. The van der Waals surface area contributed by atoms with Crippen molar-refractivity contribution in [3.8, 4) is 0 Å². The molecule has 1 aromatic rings. The number of hydrogen-bond donors (Lipinski definition) is 0. The van der Waals surface area contributed by atoms with Crippen LogP contribution in [-0.2, 0) is 10.2 Å². The molecule has 0 bridgehead atoms. The lowest BCUT2D eigenvalue weighted by atomic mass is 10.0. The zero-order valence-corrected chi connectivity index (χ0v) is 9.23. The summed E-state index contributed by atoms with van der Waals surface area (Å²) in [5, 5.41) is -1.08. The zero-order valence-electron chi connectivity index (χ0n) is 8.41. The van der Waals surface area contributed by atoms with Crippen LogP contribution in [0.3, 0.4) is 0 Å². The molecule has 0 amide bonds. The summed E-state index contributed by atoms with van der Waals surface area (Å²) in [6, 6.07) is 5.29. The monoisotopic (exact) mass is 216 g/mol. The molecule has 0 heterocycles. The van der Waals surface area contributed by atoms with Crippen LogP contribution in [0.25, 0.3) is 0 Å². The Morgan fingerprint density at radius 3 is 2.29 bits per heavy atom. The first kappa shape index (κ1) is 11.2. The Hall–Kier alpha value is -0.900. The van der Waals surface area contributed by atoms with E-state index in [0.29, 0.717) is 5.56 Å². The van der Waals surface area contributed by atoms with E-state index in [1.54, 1.807) is 19.1 Å². The molecule has 1 atom stereocenters. The summed E-state index contributed by atoms with van der Waals surface area (Å²) in [6.45, 7) is 5.04. The molecule has 1 aromatic carbocycles. The van der Waals surface area contributed by atoms with Crippen LogP contribution in [0.2, 0.25) is 0 Å². The van der Waals surface area contributed by atoms with Gasteiger partial charge in [-0.1, -0.05) is 23.8 Å². The number of rotatable bonds is 2. The Balaban J connectivity index is 3.21. The van der Waals surface area contributed by atoms with E-state index in [1.807, 2.05) is 13.0 Å². The third-order valence-electron chi connectivity index (χ3n) is 2.29. The zero-order chi connectivity index (χ0) is 10.9. The van der Waals surface area contributed by atoms with Gasteiger partial charge in [0.05, 0.1) is 0 Å². The highest BCUT2D eigenvalue weighted by Gasteiger charge is 2.22. The molecule has 0 aromatic heterocycles. The lowest BCUT2D eigenvalue weighted by molar-refractivity contribution is 0.540. The largest absolute Gasteiger partial charge is 0.309 e. The maximum absolute atomic E-state index is 12.7. The Kier molecular flexibility index (Phi) is 2.95. The minimum atomic E-state index is -4.49. The van der Waals surface area contributed by atoms with Crippen molar-refractivity contribution in [2.45, 2.75) is 26.0 Å². The van der Waals surface area contributed by atoms with Crippen molar-refractivity contribution < 1.29 is 12.3 Å². The van der Waals surface area contributed by atoms with Crippen molar-refractivity contribution in [3.63, 3.8) is 0 Å². The van der Waals surface area contributed by atoms with Gasteiger partial charge in [0, 0.05) is 0 Å². The fraction of sp³-hybridized carbons (Fsp3) is 0.400. The lowest BCUT2D eigenvalue weighted by Gasteiger charge is -2.10. The highest BCUT2D eigenvalue weighted by Crippen LogP contribution is 2.26. The Bertz CT molecular complexity index is 437. The average Bonchev–Trinajstić information content (AvgIpc) is 2.01. The van der Waals surface area contributed by atoms with Gasteiger partial charge in [-0.15, -0.1) is 3.89 Å². The molecule has 14 heavy (non-hydrogen) atoms. The molecule has 2 nitrogen and oxygen atoms in total. The summed E-state index contributed by atoms with van der Waals surface area (Å²) in [7, 11) is -4.49. The van der Waals surface area contributed by atoms with E-state index >= 15 is 0 Å². The van der Waals surface area contributed by atoms with Gasteiger partial charge in [0.2, 0.25) is 0 Å². The highest BCUT2D eigenvalue weighted by molar-refractivity contribution is 7.86. The fourth-order valence-corrected chi connectivity index (χ4v) is 2.00. The first-order chi connectivity index (χ1) is 6.32. The van der Waals surface area contributed by atoms with Gasteiger partial charge >= 0.3 is 10.2 Å². The third-order valence-corrected chi connectivity index (χ3v) is 3.38. The Morgan fingerprint density at radius 1 is 1.29 bits per heavy atom. The Morgan fingerprint density at radius 2 is 1.86 bits per heavy atom. The summed E-state index contributed by atoms with van der Waals surface area (Å²) in [5.74, 6) is 0. The van der Waals surface area contributed by atoms with Crippen molar-refractivity contribution in [1.82, 2.24) is 0 Å². The van der Waals surface area contributed by atoms with E-state index in [9.17, 15) is 12.3 Å². The van der Waals surface area contributed by atoms with Crippen LogP contribution in [0.15, 0.2) is 18.2 Å². The van der Waals surface area contributed by atoms with Gasteiger partial charge in [-0.2, -0.15) is 8.42 Å². The minimum absolute atomic E-state index is 0.526. The number of hydrogen-bond acceptors (Lipinski definition) is 2. The molecule has 0 aliphatic heterocycles. The summed E-state index contributed by atoms with van der Waals surface area (Å²) < 4.78 is 34.1. The van der Waals surface area contributed by atoms with E-state index < -0.39 is 15.5 Å². The topological polar surface area (TPSA) is 34.1 Å². The van der Waals surface area contributed by atoms with E-state index in [2.05, 4.69) is 0 Å². The molecule has 4 heteroatoms. The molecule has 0 saturated carbocycles. The summed E-state index contributed by atoms with van der Waals surface area (Å²) in [5.41, 5.74) is 2.37. The van der Waals surface area contributed by atoms with Crippen LogP contribution in [0, 0.1) is 13.8 Å². The van der Waals surface area contributed by atoms with E-state index in [0.717, 1.165) is 11.1 Å². The molecule has 0 saturated heterocycles. The summed E-state index contributed by atoms with van der Waals surface area (Å²) in [6.07, 6.45) is 0. The van der Waals surface area contributed by atoms with Gasteiger partial charge in [0.15, 0.2) is 0 Å².